The highest BCUT2D eigenvalue weighted by Crippen LogP contribution is 2.29. The van der Waals surface area contributed by atoms with Crippen LogP contribution in [-0.4, -0.2) is 6.10 Å². The molecule has 0 amide bonds. The molecular formula is C17H21NO. The molecule has 2 rings (SSSR count). The zero-order valence-corrected chi connectivity index (χ0v) is 11.8. The predicted molar refractivity (Wildman–Crippen MR) is 79.4 cm³/mol. The van der Waals surface area contributed by atoms with E-state index in [1.165, 1.54) is 5.56 Å². The largest absolute Gasteiger partial charge is 0.491 e. The Morgan fingerprint density at radius 1 is 1.00 bits per heavy atom. The van der Waals surface area contributed by atoms with Gasteiger partial charge in [-0.15, -0.1) is 0 Å². The summed E-state index contributed by atoms with van der Waals surface area (Å²) in [6.07, 6.45) is 0.144. The third-order valence-electron chi connectivity index (χ3n) is 3.02. The average Bonchev–Trinajstić information content (AvgIpc) is 2.38. The molecular weight excluding hydrogens is 234 g/mol. The summed E-state index contributed by atoms with van der Waals surface area (Å²) in [5.41, 5.74) is 9.74. The number of hydrogen-bond donors (Lipinski definition) is 1. The summed E-state index contributed by atoms with van der Waals surface area (Å²) in [4.78, 5) is 0. The van der Waals surface area contributed by atoms with Crippen molar-refractivity contribution >= 4 is 0 Å². The molecule has 0 heterocycles. The molecule has 1 atom stereocenters. The fraction of sp³-hybridized carbons (Fsp3) is 0.294. The maximum Gasteiger partial charge on any atom is 0.124 e. The number of ether oxygens (including phenoxy) is 1. The molecule has 0 spiro atoms. The molecule has 0 radical (unpaired) electrons. The third kappa shape index (κ3) is 3.36. The van der Waals surface area contributed by atoms with Gasteiger partial charge in [-0.2, -0.15) is 0 Å². The minimum atomic E-state index is -0.158. The monoisotopic (exact) mass is 255 g/mol. The number of hydrogen-bond acceptors (Lipinski definition) is 2. The second-order valence-electron chi connectivity index (χ2n) is 5.10. The molecule has 0 aliphatic heterocycles. The van der Waals surface area contributed by atoms with Crippen molar-refractivity contribution in [3.05, 3.63) is 65.2 Å². The first-order chi connectivity index (χ1) is 9.08. The summed E-state index contributed by atoms with van der Waals surface area (Å²) in [6, 6.07) is 16.1. The van der Waals surface area contributed by atoms with Crippen molar-refractivity contribution in [3.63, 3.8) is 0 Å². The summed E-state index contributed by atoms with van der Waals surface area (Å²) in [7, 11) is 0. The van der Waals surface area contributed by atoms with Crippen LogP contribution in [0.25, 0.3) is 0 Å². The first-order valence-electron chi connectivity index (χ1n) is 6.65. The molecule has 1 unspecified atom stereocenters. The van der Waals surface area contributed by atoms with Gasteiger partial charge in [0.15, 0.2) is 0 Å². The Labute approximate surface area is 115 Å². The molecule has 0 saturated heterocycles. The third-order valence-corrected chi connectivity index (χ3v) is 3.02. The van der Waals surface area contributed by atoms with Crippen LogP contribution in [0.2, 0.25) is 0 Å². The topological polar surface area (TPSA) is 35.2 Å². The van der Waals surface area contributed by atoms with Gasteiger partial charge in [-0.05, 0) is 32.4 Å². The van der Waals surface area contributed by atoms with Crippen LogP contribution in [0.1, 0.15) is 36.6 Å². The summed E-state index contributed by atoms with van der Waals surface area (Å²) in [5.74, 6) is 0.867. The van der Waals surface area contributed by atoms with Gasteiger partial charge in [-0.1, -0.05) is 48.0 Å². The number of para-hydroxylation sites is 1. The minimum absolute atomic E-state index is 0.144. The van der Waals surface area contributed by atoms with Crippen molar-refractivity contribution in [2.75, 3.05) is 0 Å². The molecule has 2 N–H and O–H groups in total. The second kappa shape index (κ2) is 5.89. The van der Waals surface area contributed by atoms with E-state index in [1.54, 1.807) is 0 Å². The maximum atomic E-state index is 6.38. The SMILES string of the molecule is Cc1cccc(C(N)c2ccccc2OC(C)C)c1. The van der Waals surface area contributed by atoms with E-state index < -0.39 is 0 Å². The number of nitrogens with two attached hydrogens (primary N) is 1. The first kappa shape index (κ1) is 13.6. The highest BCUT2D eigenvalue weighted by Gasteiger charge is 2.14. The van der Waals surface area contributed by atoms with Gasteiger partial charge in [-0.3, -0.25) is 0 Å². The van der Waals surface area contributed by atoms with Crippen molar-refractivity contribution in [1.82, 2.24) is 0 Å². The van der Waals surface area contributed by atoms with E-state index in [9.17, 15) is 0 Å². The van der Waals surface area contributed by atoms with Crippen LogP contribution in [0.3, 0.4) is 0 Å². The van der Waals surface area contributed by atoms with Gasteiger partial charge in [0.2, 0.25) is 0 Å². The van der Waals surface area contributed by atoms with Crippen molar-refractivity contribution in [3.8, 4) is 5.75 Å². The summed E-state index contributed by atoms with van der Waals surface area (Å²) >= 11 is 0. The molecule has 0 aliphatic rings. The number of aryl methyl sites for hydroxylation is 1. The van der Waals surface area contributed by atoms with Crippen LogP contribution >= 0.6 is 0 Å². The van der Waals surface area contributed by atoms with E-state index in [2.05, 4.69) is 25.1 Å². The fourth-order valence-electron chi connectivity index (χ4n) is 2.14. The van der Waals surface area contributed by atoms with E-state index in [0.29, 0.717) is 0 Å². The van der Waals surface area contributed by atoms with Crippen molar-refractivity contribution < 1.29 is 4.74 Å². The maximum absolute atomic E-state index is 6.38. The van der Waals surface area contributed by atoms with Crippen molar-refractivity contribution in [2.24, 2.45) is 5.73 Å². The van der Waals surface area contributed by atoms with Crippen molar-refractivity contribution in [1.29, 1.82) is 0 Å². The van der Waals surface area contributed by atoms with Gasteiger partial charge >= 0.3 is 0 Å². The van der Waals surface area contributed by atoms with Gasteiger partial charge in [-0.25, -0.2) is 0 Å². The van der Waals surface area contributed by atoms with Gasteiger partial charge in [0.1, 0.15) is 5.75 Å². The summed E-state index contributed by atoms with van der Waals surface area (Å²) in [5, 5.41) is 0. The Morgan fingerprint density at radius 2 is 1.74 bits per heavy atom. The van der Waals surface area contributed by atoms with E-state index in [1.807, 2.05) is 44.2 Å². The molecule has 2 aromatic rings. The first-order valence-corrected chi connectivity index (χ1v) is 6.65. The molecule has 0 aromatic heterocycles. The average molecular weight is 255 g/mol. The number of rotatable bonds is 4. The standard InChI is InChI=1S/C17H21NO/c1-12(2)19-16-10-5-4-9-15(16)17(18)14-8-6-7-13(3)11-14/h4-12,17H,18H2,1-3H3. The lowest BCUT2D eigenvalue weighted by atomic mass is 9.97. The highest BCUT2D eigenvalue weighted by atomic mass is 16.5. The Kier molecular flexibility index (Phi) is 4.23. The zero-order chi connectivity index (χ0) is 13.8. The van der Waals surface area contributed by atoms with Crippen LogP contribution in [0.4, 0.5) is 0 Å². The fourth-order valence-corrected chi connectivity index (χ4v) is 2.14. The molecule has 0 saturated carbocycles. The van der Waals surface area contributed by atoms with E-state index >= 15 is 0 Å². The second-order valence-corrected chi connectivity index (χ2v) is 5.10. The van der Waals surface area contributed by atoms with E-state index in [0.717, 1.165) is 16.9 Å². The minimum Gasteiger partial charge on any atom is -0.491 e. The lowest BCUT2D eigenvalue weighted by Gasteiger charge is -2.19. The molecule has 100 valence electrons. The van der Waals surface area contributed by atoms with Gasteiger partial charge < -0.3 is 10.5 Å². The van der Waals surface area contributed by atoms with Gasteiger partial charge in [0, 0.05) is 5.56 Å². The Balaban J connectivity index is 2.35. The van der Waals surface area contributed by atoms with Crippen molar-refractivity contribution in [2.45, 2.75) is 32.9 Å². The summed E-state index contributed by atoms with van der Waals surface area (Å²) in [6.45, 7) is 6.12. The number of benzene rings is 2. The molecule has 2 aromatic carbocycles. The highest BCUT2D eigenvalue weighted by molar-refractivity contribution is 5.42. The van der Waals surface area contributed by atoms with Gasteiger partial charge in [0.25, 0.3) is 0 Å². The Bertz CT molecular complexity index is 548. The lowest BCUT2D eigenvalue weighted by Crippen LogP contribution is -2.15. The van der Waals surface area contributed by atoms with Crippen LogP contribution in [0, 0.1) is 6.92 Å². The normalized spacial score (nSPS) is 12.5. The predicted octanol–water partition coefficient (Wildman–Crippen LogP) is 3.83. The molecule has 19 heavy (non-hydrogen) atoms. The van der Waals surface area contributed by atoms with E-state index in [-0.39, 0.29) is 12.1 Å². The molecule has 0 bridgehead atoms. The molecule has 2 nitrogen and oxygen atoms in total. The van der Waals surface area contributed by atoms with E-state index in [4.69, 9.17) is 10.5 Å². The van der Waals surface area contributed by atoms with Gasteiger partial charge in [0.05, 0.1) is 12.1 Å². The molecule has 2 heteroatoms. The molecule has 0 fully saturated rings. The smallest absolute Gasteiger partial charge is 0.124 e. The van der Waals surface area contributed by atoms with Crippen LogP contribution < -0.4 is 10.5 Å². The quantitative estimate of drug-likeness (QED) is 0.901. The van der Waals surface area contributed by atoms with Crippen LogP contribution in [0.15, 0.2) is 48.5 Å². The lowest BCUT2D eigenvalue weighted by molar-refractivity contribution is 0.239. The van der Waals surface area contributed by atoms with Crippen LogP contribution in [-0.2, 0) is 0 Å². The Morgan fingerprint density at radius 3 is 2.42 bits per heavy atom. The Hall–Kier alpha value is -1.80. The summed E-state index contributed by atoms with van der Waals surface area (Å²) < 4.78 is 5.84. The molecule has 0 aliphatic carbocycles. The zero-order valence-electron chi connectivity index (χ0n) is 11.8. The van der Waals surface area contributed by atoms with Crippen LogP contribution in [0.5, 0.6) is 5.75 Å².